The zero-order chi connectivity index (χ0) is 19.6. The summed E-state index contributed by atoms with van der Waals surface area (Å²) >= 11 is 0. The lowest BCUT2D eigenvalue weighted by Gasteiger charge is -2.32. The highest BCUT2D eigenvalue weighted by Gasteiger charge is 2.30. The fourth-order valence-corrected chi connectivity index (χ4v) is 4.74. The summed E-state index contributed by atoms with van der Waals surface area (Å²) in [5, 5.41) is 0. The van der Waals surface area contributed by atoms with Gasteiger partial charge in [0.1, 0.15) is 23.6 Å². The fraction of sp³-hybridized carbons (Fsp3) is 0.444. The highest BCUT2D eigenvalue weighted by Crippen LogP contribution is 2.22. The van der Waals surface area contributed by atoms with E-state index < -0.39 is 27.4 Å². The van der Waals surface area contributed by atoms with Crippen molar-refractivity contribution in [1.29, 1.82) is 0 Å². The molecule has 0 N–H and O–H groups in total. The molecule has 0 saturated carbocycles. The number of rotatable bonds is 5. The van der Waals surface area contributed by atoms with Crippen LogP contribution in [0.15, 0.2) is 24.3 Å². The first-order valence-electron chi connectivity index (χ1n) is 8.63. The quantitative estimate of drug-likeness (QED) is 0.776. The molecule has 0 bridgehead atoms. The lowest BCUT2D eigenvalue weighted by molar-refractivity contribution is 0.124. The molecule has 1 aliphatic heterocycles. The van der Waals surface area contributed by atoms with Crippen LogP contribution >= 0.6 is 0 Å². The van der Waals surface area contributed by atoms with Crippen molar-refractivity contribution >= 4 is 10.0 Å². The highest BCUT2D eigenvalue weighted by molar-refractivity contribution is 7.88. The molecule has 1 fully saturated rings. The van der Waals surface area contributed by atoms with Gasteiger partial charge in [-0.15, -0.1) is 0 Å². The number of hydrogen-bond donors (Lipinski definition) is 0. The van der Waals surface area contributed by atoms with E-state index in [1.807, 2.05) is 6.92 Å². The van der Waals surface area contributed by atoms with Crippen LogP contribution < -0.4 is 4.74 Å². The average Bonchev–Trinajstić information content (AvgIpc) is 2.52. The van der Waals surface area contributed by atoms with Crippen LogP contribution in [0.2, 0.25) is 0 Å². The minimum atomic E-state index is -3.72. The maximum absolute atomic E-state index is 13.3. The van der Waals surface area contributed by atoms with Gasteiger partial charge in [-0.1, -0.05) is 0 Å². The van der Waals surface area contributed by atoms with Gasteiger partial charge in [0, 0.05) is 24.4 Å². The third kappa shape index (κ3) is 5.20. The van der Waals surface area contributed by atoms with Crippen molar-refractivity contribution in [1.82, 2.24) is 14.3 Å². The molecule has 1 unspecified atom stereocenters. The highest BCUT2D eigenvalue weighted by atomic mass is 32.2. The van der Waals surface area contributed by atoms with Gasteiger partial charge in [0.25, 0.3) is 0 Å². The molecule has 0 aliphatic carbocycles. The Morgan fingerprint density at radius 1 is 1.15 bits per heavy atom. The van der Waals surface area contributed by atoms with Crippen molar-refractivity contribution in [3.05, 3.63) is 53.0 Å². The SMILES string of the molecule is Cc1cc(OC2CCCN(S(=O)(=O)Cc3cc(F)cc(F)c3)C2)nc(C)n1. The molecule has 1 aromatic heterocycles. The number of aromatic nitrogens is 2. The number of ether oxygens (including phenoxy) is 1. The standard InChI is InChI=1S/C18H21F2N3O3S/c1-12-6-18(22-13(2)21-12)26-17-4-3-5-23(10-17)27(24,25)11-14-7-15(19)9-16(20)8-14/h6-9,17H,3-5,10-11H2,1-2H3. The van der Waals surface area contributed by atoms with Gasteiger partial charge in [-0.2, -0.15) is 9.29 Å². The Kier molecular flexibility index (Phi) is 5.71. The molecule has 146 valence electrons. The normalized spacial score (nSPS) is 18.4. The van der Waals surface area contributed by atoms with Crippen molar-refractivity contribution < 1.29 is 21.9 Å². The van der Waals surface area contributed by atoms with E-state index >= 15 is 0 Å². The van der Waals surface area contributed by atoms with Crippen LogP contribution in [0.3, 0.4) is 0 Å². The summed E-state index contributed by atoms with van der Waals surface area (Å²) in [7, 11) is -3.72. The smallest absolute Gasteiger partial charge is 0.218 e. The Morgan fingerprint density at radius 3 is 2.52 bits per heavy atom. The number of benzene rings is 1. The number of piperidine rings is 1. The maximum Gasteiger partial charge on any atom is 0.218 e. The second kappa shape index (κ2) is 7.85. The van der Waals surface area contributed by atoms with E-state index in [4.69, 9.17) is 4.74 Å². The van der Waals surface area contributed by atoms with Gasteiger partial charge in [-0.25, -0.2) is 22.2 Å². The first-order chi connectivity index (χ1) is 12.7. The van der Waals surface area contributed by atoms with Crippen LogP contribution in [0.1, 0.15) is 29.9 Å². The summed E-state index contributed by atoms with van der Waals surface area (Å²) in [5.41, 5.74) is 0.850. The Balaban J connectivity index is 1.70. The van der Waals surface area contributed by atoms with Crippen LogP contribution in [-0.2, 0) is 15.8 Å². The maximum atomic E-state index is 13.3. The van der Waals surface area contributed by atoms with Crippen LogP contribution in [0, 0.1) is 25.5 Å². The molecule has 6 nitrogen and oxygen atoms in total. The van der Waals surface area contributed by atoms with E-state index in [1.54, 1.807) is 13.0 Å². The molecule has 9 heteroatoms. The summed E-state index contributed by atoms with van der Waals surface area (Å²) in [4.78, 5) is 8.40. The largest absolute Gasteiger partial charge is 0.473 e. The summed E-state index contributed by atoms with van der Waals surface area (Å²) in [5.74, 6) is -1.06. The second-order valence-electron chi connectivity index (χ2n) is 6.67. The summed E-state index contributed by atoms with van der Waals surface area (Å²) in [6, 6.07) is 4.48. The van der Waals surface area contributed by atoms with Crippen LogP contribution in [0.5, 0.6) is 5.88 Å². The lowest BCUT2D eigenvalue weighted by atomic mass is 10.1. The van der Waals surface area contributed by atoms with E-state index in [2.05, 4.69) is 9.97 Å². The summed E-state index contributed by atoms with van der Waals surface area (Å²) in [6.45, 7) is 4.11. The zero-order valence-corrected chi connectivity index (χ0v) is 16.0. The first-order valence-corrected chi connectivity index (χ1v) is 10.2. The first kappa shape index (κ1) is 19.6. The van der Waals surface area contributed by atoms with Crippen molar-refractivity contribution in [2.45, 2.75) is 38.5 Å². The monoisotopic (exact) mass is 397 g/mol. The topological polar surface area (TPSA) is 72.4 Å². The van der Waals surface area contributed by atoms with Gasteiger partial charge >= 0.3 is 0 Å². The molecular formula is C18H21F2N3O3S. The average molecular weight is 397 g/mol. The second-order valence-corrected chi connectivity index (χ2v) is 8.64. The molecular weight excluding hydrogens is 376 g/mol. The van der Waals surface area contributed by atoms with Crippen LogP contribution in [-0.4, -0.2) is 41.9 Å². The molecule has 1 atom stereocenters. The number of aryl methyl sites for hydroxylation is 2. The Bertz CT molecular complexity index is 897. The van der Waals surface area contributed by atoms with E-state index in [9.17, 15) is 17.2 Å². The van der Waals surface area contributed by atoms with Gasteiger partial charge in [0.2, 0.25) is 15.9 Å². The molecule has 0 radical (unpaired) electrons. The van der Waals surface area contributed by atoms with E-state index in [0.717, 1.165) is 17.8 Å². The van der Waals surface area contributed by atoms with Crippen LogP contribution in [0.4, 0.5) is 8.78 Å². The van der Waals surface area contributed by atoms with Gasteiger partial charge in [0.15, 0.2) is 0 Å². The number of nitrogens with zero attached hydrogens (tertiary/aromatic N) is 3. The van der Waals surface area contributed by atoms with Crippen molar-refractivity contribution in [2.75, 3.05) is 13.1 Å². The number of hydrogen-bond acceptors (Lipinski definition) is 5. The summed E-state index contributed by atoms with van der Waals surface area (Å²) < 4.78 is 59.2. The van der Waals surface area contributed by atoms with Crippen LogP contribution in [0.25, 0.3) is 0 Å². The molecule has 0 amide bonds. The molecule has 27 heavy (non-hydrogen) atoms. The minimum Gasteiger partial charge on any atom is -0.473 e. The summed E-state index contributed by atoms with van der Waals surface area (Å²) in [6.07, 6.45) is 0.985. The Labute approximate surface area is 157 Å². The van der Waals surface area contributed by atoms with Crippen molar-refractivity contribution in [3.8, 4) is 5.88 Å². The van der Waals surface area contributed by atoms with Crippen molar-refractivity contribution in [2.24, 2.45) is 0 Å². The van der Waals surface area contributed by atoms with Gasteiger partial charge in [0.05, 0.1) is 12.3 Å². The molecule has 2 heterocycles. The zero-order valence-electron chi connectivity index (χ0n) is 15.2. The molecule has 0 spiro atoms. The Morgan fingerprint density at radius 2 is 1.85 bits per heavy atom. The van der Waals surface area contributed by atoms with E-state index in [0.29, 0.717) is 37.2 Å². The molecule has 1 aromatic carbocycles. The molecule has 1 aliphatic rings. The predicted molar refractivity (Wildman–Crippen MR) is 95.7 cm³/mol. The van der Waals surface area contributed by atoms with Gasteiger partial charge in [-0.05, 0) is 44.4 Å². The minimum absolute atomic E-state index is 0.0811. The number of sulfonamides is 1. The van der Waals surface area contributed by atoms with Gasteiger partial charge < -0.3 is 4.74 Å². The fourth-order valence-electron chi connectivity index (χ4n) is 3.16. The molecule has 1 saturated heterocycles. The van der Waals surface area contributed by atoms with E-state index in [1.165, 1.54) is 4.31 Å². The van der Waals surface area contributed by atoms with Crippen molar-refractivity contribution in [3.63, 3.8) is 0 Å². The third-order valence-electron chi connectivity index (χ3n) is 4.24. The Hall–Kier alpha value is -2.13. The van der Waals surface area contributed by atoms with Gasteiger partial charge in [-0.3, -0.25) is 0 Å². The molecule has 2 aromatic rings. The lowest BCUT2D eigenvalue weighted by Crippen LogP contribution is -2.44. The van der Waals surface area contributed by atoms with E-state index in [-0.39, 0.29) is 18.2 Å². The third-order valence-corrected chi connectivity index (χ3v) is 6.05. The molecule has 3 rings (SSSR count). The number of halogens is 2. The predicted octanol–water partition coefficient (Wildman–Crippen LogP) is 2.74.